The van der Waals surface area contributed by atoms with Gasteiger partial charge in [0.1, 0.15) is 5.82 Å². The number of benzene rings is 2. The van der Waals surface area contributed by atoms with Crippen molar-refractivity contribution in [3.05, 3.63) is 70.5 Å². The van der Waals surface area contributed by atoms with Crippen LogP contribution in [0.2, 0.25) is 0 Å². The van der Waals surface area contributed by atoms with Crippen LogP contribution in [0.1, 0.15) is 66.9 Å². The van der Waals surface area contributed by atoms with Crippen LogP contribution in [-0.4, -0.2) is 65.2 Å². The van der Waals surface area contributed by atoms with Crippen LogP contribution >= 0.6 is 0 Å². The molecule has 5 rings (SSSR count). The number of alkyl halides is 6. The molecule has 230 valence electrons. The predicted octanol–water partition coefficient (Wildman–Crippen LogP) is 6.17. The van der Waals surface area contributed by atoms with Crippen LogP contribution in [-0.2, 0) is 21.9 Å². The number of hydrogen-bond donors (Lipinski definition) is 1. The summed E-state index contributed by atoms with van der Waals surface area (Å²) in [5.41, 5.74) is -2.35. The zero-order valence-corrected chi connectivity index (χ0v) is 23.0. The van der Waals surface area contributed by atoms with Gasteiger partial charge in [-0.25, -0.2) is 4.39 Å². The number of likely N-dealkylation sites (tertiary alicyclic amines) is 1. The van der Waals surface area contributed by atoms with Crippen LogP contribution in [0, 0.1) is 11.7 Å². The Morgan fingerprint density at radius 3 is 2.10 bits per heavy atom. The van der Waals surface area contributed by atoms with E-state index in [4.69, 9.17) is 4.74 Å². The van der Waals surface area contributed by atoms with Crippen LogP contribution in [0.4, 0.5) is 30.7 Å². The van der Waals surface area contributed by atoms with Gasteiger partial charge in [-0.1, -0.05) is 12.1 Å². The summed E-state index contributed by atoms with van der Waals surface area (Å²) in [6.07, 6.45) is -10.00. The lowest BCUT2D eigenvalue weighted by atomic mass is 9.81. The molecule has 3 saturated heterocycles. The summed E-state index contributed by atoms with van der Waals surface area (Å²) in [6.45, 7) is 3.30. The highest BCUT2D eigenvalue weighted by Gasteiger charge is 2.48. The van der Waals surface area contributed by atoms with Crippen LogP contribution in [0.3, 0.4) is 0 Å². The lowest BCUT2D eigenvalue weighted by Gasteiger charge is -2.39. The van der Waals surface area contributed by atoms with Gasteiger partial charge in [-0.2, -0.15) is 26.3 Å². The molecule has 2 unspecified atom stereocenters. The molecule has 3 heterocycles. The SMILES string of the molecule is C[C@@H](OC1CN2CCC(C(=O)N3CCC(O)CC3)C[C@H]2[C@@H]1c1ccc(F)cc1)c1cc(C(F)(F)F)cc(C(F)(F)F)c1. The predicted molar refractivity (Wildman–Crippen MR) is 139 cm³/mol. The summed E-state index contributed by atoms with van der Waals surface area (Å²) in [5.74, 6) is -1.11. The minimum Gasteiger partial charge on any atom is -0.393 e. The molecule has 1 amide bonds. The summed E-state index contributed by atoms with van der Waals surface area (Å²) in [4.78, 5) is 17.3. The second kappa shape index (κ2) is 11.8. The minimum absolute atomic E-state index is 0.0146. The summed E-state index contributed by atoms with van der Waals surface area (Å²) in [7, 11) is 0. The van der Waals surface area contributed by atoms with E-state index < -0.39 is 47.6 Å². The van der Waals surface area contributed by atoms with Crippen LogP contribution in [0.5, 0.6) is 0 Å². The number of aliphatic hydroxyl groups is 1. The number of carbonyl (C=O) groups is 1. The first kappa shape index (κ1) is 30.7. The Labute approximate surface area is 239 Å². The van der Waals surface area contributed by atoms with Crippen LogP contribution < -0.4 is 0 Å². The largest absolute Gasteiger partial charge is 0.416 e. The van der Waals surface area contributed by atoms with Crippen molar-refractivity contribution in [1.29, 1.82) is 0 Å². The molecule has 2 aromatic carbocycles. The molecule has 5 nitrogen and oxygen atoms in total. The number of rotatable bonds is 5. The maximum Gasteiger partial charge on any atom is 0.416 e. The van der Waals surface area contributed by atoms with Gasteiger partial charge in [0.25, 0.3) is 0 Å². The Hall–Kier alpha value is -2.70. The van der Waals surface area contributed by atoms with E-state index in [-0.39, 0.29) is 35.4 Å². The molecule has 5 atom stereocenters. The molecule has 3 fully saturated rings. The van der Waals surface area contributed by atoms with E-state index in [2.05, 4.69) is 4.90 Å². The fraction of sp³-hybridized carbons (Fsp3) is 0.567. The number of nitrogens with zero attached hydrogens (tertiary/aromatic N) is 2. The van der Waals surface area contributed by atoms with Crippen LogP contribution in [0.25, 0.3) is 0 Å². The average Bonchev–Trinajstić information content (AvgIpc) is 3.29. The molecule has 0 aliphatic carbocycles. The summed E-state index contributed by atoms with van der Waals surface area (Å²) in [6, 6.07) is 7.06. The molecule has 12 heteroatoms. The maximum absolute atomic E-state index is 13.8. The number of ether oxygens (including phenoxy) is 1. The molecule has 0 bridgehead atoms. The number of hydrogen-bond acceptors (Lipinski definition) is 4. The lowest BCUT2D eigenvalue weighted by Crippen LogP contribution is -2.48. The average molecular weight is 603 g/mol. The number of fused-ring (bicyclic) bond motifs is 1. The molecular weight excluding hydrogens is 569 g/mol. The second-order valence-corrected chi connectivity index (χ2v) is 11.6. The first-order valence-electron chi connectivity index (χ1n) is 14.1. The lowest BCUT2D eigenvalue weighted by molar-refractivity contribution is -0.143. The molecule has 3 aliphatic rings. The van der Waals surface area contributed by atoms with Gasteiger partial charge in [-0.05, 0) is 80.6 Å². The highest BCUT2D eigenvalue weighted by atomic mass is 19.4. The van der Waals surface area contributed by atoms with Gasteiger partial charge < -0.3 is 14.7 Å². The fourth-order valence-electron chi connectivity index (χ4n) is 6.61. The Kier molecular flexibility index (Phi) is 8.61. The Morgan fingerprint density at radius 2 is 1.52 bits per heavy atom. The maximum atomic E-state index is 13.8. The van der Waals surface area contributed by atoms with E-state index in [1.165, 1.54) is 19.1 Å². The Bertz CT molecular complexity index is 1230. The van der Waals surface area contributed by atoms with Crippen LogP contribution in [0.15, 0.2) is 42.5 Å². The Morgan fingerprint density at radius 1 is 0.929 bits per heavy atom. The molecular formula is C30H33F7N2O3. The molecule has 0 spiro atoms. The quantitative estimate of drug-likeness (QED) is 0.416. The van der Waals surface area contributed by atoms with Crippen molar-refractivity contribution >= 4 is 5.91 Å². The smallest absolute Gasteiger partial charge is 0.393 e. The van der Waals surface area contributed by atoms with Gasteiger partial charge in [0.15, 0.2) is 0 Å². The standard InChI is InChI=1S/C30H33F7N2O3/c1-17(20-12-21(29(32,33)34)15-22(13-20)30(35,36)37)42-26-16-39-9-6-19(28(41)38-10-7-24(40)8-11-38)14-25(39)27(26)18-2-4-23(31)5-3-18/h2-5,12-13,15,17,19,24-27,40H,6-11,14,16H2,1H3/t17-,19?,25+,26?,27+/m1/s1. The number of halogens is 7. The molecule has 2 aromatic rings. The van der Waals surface area contributed by atoms with E-state index in [9.17, 15) is 40.6 Å². The monoisotopic (exact) mass is 602 g/mol. The third-order valence-electron chi connectivity index (χ3n) is 8.83. The normalized spacial score (nSPS) is 26.7. The van der Waals surface area contributed by atoms with Gasteiger partial charge in [-0.3, -0.25) is 9.69 Å². The van der Waals surface area contributed by atoms with E-state index in [1.807, 2.05) is 0 Å². The summed E-state index contributed by atoms with van der Waals surface area (Å²) >= 11 is 0. The van der Waals surface area contributed by atoms with Gasteiger partial charge in [0.2, 0.25) is 5.91 Å². The van der Waals surface area contributed by atoms with E-state index in [0.29, 0.717) is 64.0 Å². The third kappa shape index (κ3) is 6.60. The van der Waals surface area contributed by atoms with E-state index in [0.717, 1.165) is 5.56 Å². The molecule has 0 aromatic heterocycles. The van der Waals surface area contributed by atoms with Crippen molar-refractivity contribution in [2.45, 2.75) is 75.2 Å². The molecule has 0 radical (unpaired) electrons. The van der Waals surface area contributed by atoms with Gasteiger partial charge in [0.05, 0.1) is 29.4 Å². The van der Waals surface area contributed by atoms with E-state index in [1.54, 1.807) is 17.0 Å². The molecule has 0 saturated carbocycles. The van der Waals surface area contributed by atoms with Crippen molar-refractivity contribution in [3.8, 4) is 0 Å². The topological polar surface area (TPSA) is 53.0 Å². The molecule has 1 N–H and O–H groups in total. The molecule has 42 heavy (non-hydrogen) atoms. The highest BCUT2D eigenvalue weighted by Crippen LogP contribution is 2.45. The van der Waals surface area contributed by atoms with Crippen molar-refractivity contribution in [2.75, 3.05) is 26.2 Å². The molecule has 3 aliphatic heterocycles. The van der Waals surface area contributed by atoms with Crippen molar-refractivity contribution in [2.24, 2.45) is 5.92 Å². The summed E-state index contributed by atoms with van der Waals surface area (Å²) < 4.78 is 101. The van der Waals surface area contributed by atoms with Gasteiger partial charge >= 0.3 is 12.4 Å². The number of carbonyl (C=O) groups excluding carboxylic acids is 1. The fourth-order valence-corrected chi connectivity index (χ4v) is 6.61. The number of aliphatic hydroxyl groups excluding tert-OH is 1. The number of piperidine rings is 2. The van der Waals surface area contributed by atoms with Gasteiger partial charge in [0, 0.05) is 37.5 Å². The summed E-state index contributed by atoms with van der Waals surface area (Å²) in [5, 5.41) is 9.82. The zero-order chi connectivity index (χ0) is 30.4. The van der Waals surface area contributed by atoms with Crippen molar-refractivity contribution in [1.82, 2.24) is 9.80 Å². The first-order valence-corrected chi connectivity index (χ1v) is 14.1. The van der Waals surface area contributed by atoms with Crippen molar-refractivity contribution in [3.63, 3.8) is 0 Å². The zero-order valence-electron chi connectivity index (χ0n) is 23.0. The minimum atomic E-state index is -4.98. The first-order chi connectivity index (χ1) is 19.7. The highest BCUT2D eigenvalue weighted by molar-refractivity contribution is 5.79. The van der Waals surface area contributed by atoms with Crippen molar-refractivity contribution < 1.29 is 45.4 Å². The van der Waals surface area contributed by atoms with Gasteiger partial charge in [-0.15, -0.1) is 0 Å². The second-order valence-electron chi connectivity index (χ2n) is 11.6. The third-order valence-corrected chi connectivity index (χ3v) is 8.83. The Balaban J connectivity index is 1.40. The van der Waals surface area contributed by atoms with E-state index >= 15 is 0 Å². The number of amides is 1.